The fourth-order valence-electron chi connectivity index (χ4n) is 2.61. The first kappa shape index (κ1) is 12.0. The quantitative estimate of drug-likeness (QED) is 0.868. The van der Waals surface area contributed by atoms with Gasteiger partial charge in [-0.15, -0.1) is 0 Å². The van der Waals surface area contributed by atoms with E-state index in [0.717, 1.165) is 24.1 Å². The van der Waals surface area contributed by atoms with Crippen LogP contribution >= 0.6 is 15.9 Å². The molecule has 2 nitrogen and oxygen atoms in total. The molecule has 1 unspecified atom stereocenters. The molecule has 0 radical (unpaired) electrons. The molecule has 1 atom stereocenters. The van der Waals surface area contributed by atoms with Crippen molar-refractivity contribution in [1.29, 1.82) is 0 Å². The van der Waals surface area contributed by atoms with Crippen LogP contribution in [0, 0.1) is 0 Å². The van der Waals surface area contributed by atoms with Crippen molar-refractivity contribution in [3.8, 4) is 0 Å². The Kier molecular flexibility index (Phi) is 3.27. The molecule has 94 valence electrons. The number of halogens is 1. The third-order valence-corrected chi connectivity index (χ3v) is 4.11. The minimum atomic E-state index is 0.562. The molecular weight excluding hydrogens is 288 g/mol. The normalized spacial score (nSPS) is 20.3. The van der Waals surface area contributed by atoms with Gasteiger partial charge in [-0.25, -0.2) is 0 Å². The van der Waals surface area contributed by atoms with Gasteiger partial charge in [-0.1, -0.05) is 28.1 Å². The van der Waals surface area contributed by atoms with Crippen molar-refractivity contribution >= 4 is 32.4 Å². The topological polar surface area (TPSA) is 15.3 Å². The molecule has 2 aromatic rings. The summed E-state index contributed by atoms with van der Waals surface area (Å²) in [5.41, 5.74) is 1.33. The first-order valence-corrected chi connectivity index (χ1v) is 7.20. The van der Waals surface area contributed by atoms with Gasteiger partial charge in [0.1, 0.15) is 0 Å². The molecule has 1 N–H and O–H groups in total. The first-order valence-electron chi connectivity index (χ1n) is 6.41. The summed E-state index contributed by atoms with van der Waals surface area (Å²) in [7, 11) is 0. The molecule has 3 heteroatoms. The van der Waals surface area contributed by atoms with Crippen molar-refractivity contribution < 1.29 is 0 Å². The van der Waals surface area contributed by atoms with E-state index >= 15 is 0 Å². The molecule has 1 fully saturated rings. The van der Waals surface area contributed by atoms with E-state index < -0.39 is 0 Å². The van der Waals surface area contributed by atoms with E-state index in [1.54, 1.807) is 0 Å². The maximum Gasteiger partial charge on any atom is 0.0386 e. The second kappa shape index (κ2) is 4.90. The summed E-state index contributed by atoms with van der Waals surface area (Å²) in [5, 5.41) is 6.03. The van der Waals surface area contributed by atoms with E-state index in [0.29, 0.717) is 6.04 Å². The lowest BCUT2D eigenvalue weighted by atomic mass is 10.1. The molecular formula is C15H17BrN2. The van der Waals surface area contributed by atoms with E-state index in [1.807, 2.05) is 0 Å². The van der Waals surface area contributed by atoms with Crippen molar-refractivity contribution in [2.75, 3.05) is 24.5 Å². The van der Waals surface area contributed by atoms with Crippen molar-refractivity contribution in [2.24, 2.45) is 0 Å². The lowest BCUT2D eigenvalue weighted by Gasteiger charge is -2.36. The highest BCUT2D eigenvalue weighted by Gasteiger charge is 2.18. The SMILES string of the molecule is CC1CNCCN1c1ccc2cc(Br)ccc2c1. The monoisotopic (exact) mass is 304 g/mol. The smallest absolute Gasteiger partial charge is 0.0386 e. The van der Waals surface area contributed by atoms with Gasteiger partial charge in [0.2, 0.25) is 0 Å². The van der Waals surface area contributed by atoms with Gasteiger partial charge >= 0.3 is 0 Å². The predicted octanol–water partition coefficient (Wildman–Crippen LogP) is 3.40. The Labute approximate surface area is 116 Å². The van der Waals surface area contributed by atoms with Crippen molar-refractivity contribution in [1.82, 2.24) is 5.32 Å². The predicted molar refractivity (Wildman–Crippen MR) is 81.3 cm³/mol. The number of piperazine rings is 1. The average molecular weight is 305 g/mol. The number of benzene rings is 2. The number of hydrogen-bond acceptors (Lipinski definition) is 2. The van der Waals surface area contributed by atoms with Crippen LogP contribution < -0.4 is 10.2 Å². The zero-order chi connectivity index (χ0) is 12.5. The number of hydrogen-bond donors (Lipinski definition) is 1. The molecule has 1 aliphatic heterocycles. The zero-order valence-electron chi connectivity index (χ0n) is 10.5. The van der Waals surface area contributed by atoms with E-state index in [9.17, 15) is 0 Å². The molecule has 0 spiro atoms. The van der Waals surface area contributed by atoms with Gasteiger partial charge in [-0.2, -0.15) is 0 Å². The van der Waals surface area contributed by atoms with E-state index in [2.05, 4.69) is 69.5 Å². The Morgan fingerprint density at radius 1 is 1.17 bits per heavy atom. The van der Waals surface area contributed by atoms with Crippen LogP contribution in [-0.4, -0.2) is 25.7 Å². The fraction of sp³-hybridized carbons (Fsp3) is 0.333. The van der Waals surface area contributed by atoms with E-state index in [1.165, 1.54) is 16.5 Å². The molecule has 0 aromatic heterocycles. The van der Waals surface area contributed by atoms with E-state index in [-0.39, 0.29) is 0 Å². The largest absolute Gasteiger partial charge is 0.366 e. The van der Waals surface area contributed by atoms with Gasteiger partial charge in [-0.3, -0.25) is 0 Å². The van der Waals surface area contributed by atoms with Gasteiger partial charge in [0.25, 0.3) is 0 Å². The Hall–Kier alpha value is -1.06. The highest BCUT2D eigenvalue weighted by atomic mass is 79.9. The number of anilines is 1. The summed E-state index contributed by atoms with van der Waals surface area (Å²) >= 11 is 3.52. The zero-order valence-corrected chi connectivity index (χ0v) is 12.1. The van der Waals surface area contributed by atoms with Gasteiger partial charge in [0, 0.05) is 35.8 Å². The molecule has 3 rings (SSSR count). The first-order chi connectivity index (χ1) is 8.74. The molecule has 1 heterocycles. The fourth-order valence-corrected chi connectivity index (χ4v) is 2.99. The van der Waals surface area contributed by atoms with Crippen LogP contribution in [0.2, 0.25) is 0 Å². The minimum Gasteiger partial charge on any atom is -0.366 e. The van der Waals surface area contributed by atoms with Crippen LogP contribution in [0.15, 0.2) is 40.9 Å². The van der Waals surface area contributed by atoms with Crippen LogP contribution in [0.4, 0.5) is 5.69 Å². The standard InChI is InChI=1S/C15H17BrN2/c1-11-10-17-6-7-18(11)15-5-3-12-8-14(16)4-2-13(12)9-15/h2-5,8-9,11,17H,6-7,10H2,1H3. The lowest BCUT2D eigenvalue weighted by molar-refractivity contribution is 0.501. The number of nitrogens with zero attached hydrogens (tertiary/aromatic N) is 1. The maximum atomic E-state index is 3.52. The van der Waals surface area contributed by atoms with Crippen molar-refractivity contribution in [2.45, 2.75) is 13.0 Å². The highest BCUT2D eigenvalue weighted by molar-refractivity contribution is 9.10. The third kappa shape index (κ3) is 2.25. The lowest BCUT2D eigenvalue weighted by Crippen LogP contribution is -2.49. The van der Waals surface area contributed by atoms with Crippen LogP contribution in [0.3, 0.4) is 0 Å². The summed E-state index contributed by atoms with van der Waals surface area (Å²) < 4.78 is 1.14. The van der Waals surface area contributed by atoms with Gasteiger partial charge in [-0.05, 0) is 42.0 Å². The Bertz CT molecular complexity index is 567. The molecule has 0 amide bonds. The minimum absolute atomic E-state index is 0.562. The van der Waals surface area contributed by atoms with E-state index in [4.69, 9.17) is 0 Å². The Morgan fingerprint density at radius 2 is 1.94 bits per heavy atom. The highest BCUT2D eigenvalue weighted by Crippen LogP contribution is 2.26. The summed E-state index contributed by atoms with van der Waals surface area (Å²) in [6, 6.07) is 13.7. The van der Waals surface area contributed by atoms with Crippen molar-refractivity contribution in [3.05, 3.63) is 40.9 Å². The number of rotatable bonds is 1. The summed E-state index contributed by atoms with van der Waals surface area (Å²) in [4.78, 5) is 2.48. The molecule has 1 aliphatic rings. The summed E-state index contributed by atoms with van der Waals surface area (Å²) in [6.45, 7) is 5.50. The number of fused-ring (bicyclic) bond motifs is 1. The number of nitrogens with one attached hydrogen (secondary N) is 1. The van der Waals surface area contributed by atoms with Crippen LogP contribution in [0.25, 0.3) is 10.8 Å². The molecule has 0 saturated carbocycles. The van der Waals surface area contributed by atoms with Crippen LogP contribution in [0.5, 0.6) is 0 Å². The average Bonchev–Trinajstić information content (AvgIpc) is 2.39. The van der Waals surface area contributed by atoms with Gasteiger partial charge < -0.3 is 10.2 Å². The third-order valence-electron chi connectivity index (χ3n) is 3.62. The molecule has 2 aromatic carbocycles. The molecule has 18 heavy (non-hydrogen) atoms. The molecule has 0 bridgehead atoms. The second-order valence-corrected chi connectivity index (χ2v) is 5.84. The second-order valence-electron chi connectivity index (χ2n) is 4.92. The molecule has 1 saturated heterocycles. The van der Waals surface area contributed by atoms with Gasteiger partial charge in [0.15, 0.2) is 0 Å². The maximum absolute atomic E-state index is 3.52. The Morgan fingerprint density at radius 3 is 2.78 bits per heavy atom. The summed E-state index contributed by atoms with van der Waals surface area (Å²) in [6.07, 6.45) is 0. The molecule has 0 aliphatic carbocycles. The van der Waals surface area contributed by atoms with Crippen LogP contribution in [-0.2, 0) is 0 Å². The van der Waals surface area contributed by atoms with Gasteiger partial charge in [0.05, 0.1) is 0 Å². The van der Waals surface area contributed by atoms with Crippen molar-refractivity contribution in [3.63, 3.8) is 0 Å². The van der Waals surface area contributed by atoms with Crippen LogP contribution in [0.1, 0.15) is 6.92 Å². The Balaban J connectivity index is 1.99. The summed E-state index contributed by atoms with van der Waals surface area (Å²) in [5.74, 6) is 0.